The number of alkyl halides is 1. The maximum atomic E-state index is 14.1. The van der Waals surface area contributed by atoms with Gasteiger partial charge in [-0.3, -0.25) is 18.8 Å². The van der Waals surface area contributed by atoms with Crippen molar-refractivity contribution in [3.05, 3.63) is 98.7 Å². The van der Waals surface area contributed by atoms with Crippen molar-refractivity contribution < 1.29 is 31.9 Å². The lowest BCUT2D eigenvalue weighted by molar-refractivity contribution is 0.0647. The number of amides is 2. The molecule has 2 aromatic carbocycles. The molecular weight excluding hydrogens is 518 g/mol. The van der Waals surface area contributed by atoms with Crippen LogP contribution in [0.2, 0.25) is 0 Å². The molecular formula is C28H25F4N3O4. The number of aromatic nitrogens is 1. The van der Waals surface area contributed by atoms with E-state index in [0.717, 1.165) is 0 Å². The quantitative estimate of drug-likeness (QED) is 0.454. The molecule has 2 aliphatic rings. The summed E-state index contributed by atoms with van der Waals surface area (Å²) in [6, 6.07) is 9.28. The molecule has 11 heteroatoms. The van der Waals surface area contributed by atoms with Crippen molar-refractivity contribution in [3.63, 3.8) is 0 Å². The number of nitrogens with one attached hydrogen (secondary N) is 1. The maximum Gasteiger partial charge on any atom is 0.274 e. The van der Waals surface area contributed by atoms with Gasteiger partial charge >= 0.3 is 0 Å². The molecule has 0 saturated carbocycles. The smallest absolute Gasteiger partial charge is 0.274 e. The third-order valence-electron chi connectivity index (χ3n) is 7.19. The van der Waals surface area contributed by atoms with Crippen LogP contribution in [0.15, 0.2) is 53.5 Å². The van der Waals surface area contributed by atoms with Crippen molar-refractivity contribution >= 4 is 11.8 Å². The molecule has 0 spiro atoms. The number of nitrogens with zero attached hydrogens (tertiary/aromatic N) is 2. The molecule has 0 aliphatic carbocycles. The molecule has 1 aromatic heterocycles. The fourth-order valence-corrected chi connectivity index (χ4v) is 5.14. The van der Waals surface area contributed by atoms with Crippen molar-refractivity contribution in [1.29, 1.82) is 0 Å². The highest BCUT2D eigenvalue weighted by Gasteiger charge is 2.40. The van der Waals surface area contributed by atoms with E-state index in [9.17, 15) is 31.9 Å². The number of halogens is 4. The summed E-state index contributed by atoms with van der Waals surface area (Å²) < 4.78 is 62.8. The van der Waals surface area contributed by atoms with E-state index in [2.05, 4.69) is 5.32 Å². The topological polar surface area (TPSA) is 80.6 Å². The number of carbonyl (C=O) groups is 2. The predicted octanol–water partition coefficient (Wildman–Crippen LogP) is 4.15. The lowest BCUT2D eigenvalue weighted by Gasteiger charge is -2.37. The third-order valence-corrected chi connectivity index (χ3v) is 7.19. The van der Waals surface area contributed by atoms with E-state index in [0.29, 0.717) is 37.1 Å². The summed E-state index contributed by atoms with van der Waals surface area (Å²) in [6.45, 7) is -0.807. The second kappa shape index (κ2) is 10.9. The molecule has 1 fully saturated rings. The van der Waals surface area contributed by atoms with Gasteiger partial charge in [-0.05, 0) is 18.4 Å². The van der Waals surface area contributed by atoms with Crippen LogP contribution in [-0.2, 0) is 13.2 Å². The first-order valence-corrected chi connectivity index (χ1v) is 12.5. The summed E-state index contributed by atoms with van der Waals surface area (Å²) in [7, 11) is 0. The molecule has 0 unspecified atom stereocenters. The van der Waals surface area contributed by atoms with Gasteiger partial charge in [0, 0.05) is 49.4 Å². The lowest BCUT2D eigenvalue weighted by Crippen LogP contribution is -2.46. The van der Waals surface area contributed by atoms with E-state index >= 15 is 0 Å². The number of carbonyl (C=O) groups excluding carboxylic acids is 2. The van der Waals surface area contributed by atoms with Crippen LogP contribution >= 0.6 is 0 Å². The zero-order chi connectivity index (χ0) is 27.7. The molecule has 0 radical (unpaired) electrons. The molecule has 5 rings (SSSR count). The maximum absolute atomic E-state index is 14.1. The Kier molecular flexibility index (Phi) is 7.40. The van der Waals surface area contributed by atoms with Crippen molar-refractivity contribution in [1.82, 2.24) is 14.8 Å². The zero-order valence-corrected chi connectivity index (χ0v) is 20.8. The fourth-order valence-electron chi connectivity index (χ4n) is 5.14. The zero-order valence-electron chi connectivity index (χ0n) is 20.8. The van der Waals surface area contributed by atoms with Gasteiger partial charge < -0.3 is 19.5 Å². The molecule has 2 atom stereocenters. The van der Waals surface area contributed by atoms with E-state index in [4.69, 9.17) is 4.74 Å². The summed E-state index contributed by atoms with van der Waals surface area (Å²) in [6.07, 6.45) is 2.27. The molecule has 3 aromatic rings. The highest BCUT2D eigenvalue weighted by atomic mass is 19.1. The Labute approximate surface area is 221 Å². The van der Waals surface area contributed by atoms with Gasteiger partial charge in [0.25, 0.3) is 11.8 Å². The fraction of sp³-hybridized carbons (Fsp3) is 0.321. The van der Waals surface area contributed by atoms with E-state index in [1.54, 1.807) is 35.2 Å². The number of rotatable bonds is 7. The standard InChI is InChI=1S/C28H25F4N3O4/c29-11-17-7-4-8-34-14-23(17)35-13-20(27(37)33-12-19-21(31)9-18(30)10-22(19)32)25(36)26(24(35)28(34)38)39-15-16-5-2-1-3-6-16/h1-3,5-6,9-10,13,17,23H,4,7-8,11-12,14-15H2,(H,33,37)/t17-,23+/m0/s1. The monoisotopic (exact) mass is 543 g/mol. The van der Waals surface area contributed by atoms with Crippen molar-refractivity contribution in [3.8, 4) is 5.75 Å². The van der Waals surface area contributed by atoms with E-state index < -0.39 is 71.0 Å². The summed E-state index contributed by atoms with van der Waals surface area (Å²) in [5.41, 5.74) is -1.28. The first-order chi connectivity index (χ1) is 18.8. The Morgan fingerprint density at radius 1 is 1.08 bits per heavy atom. The number of benzene rings is 2. The molecule has 2 amide bonds. The van der Waals surface area contributed by atoms with Crippen molar-refractivity contribution in [2.45, 2.75) is 32.0 Å². The Balaban J connectivity index is 1.56. The van der Waals surface area contributed by atoms with Crippen LogP contribution in [0.1, 0.15) is 50.9 Å². The average Bonchev–Trinajstić information content (AvgIpc) is 3.11. The molecule has 39 heavy (non-hydrogen) atoms. The minimum atomic E-state index is -1.20. The molecule has 2 bridgehead atoms. The predicted molar refractivity (Wildman–Crippen MR) is 133 cm³/mol. The molecule has 1 N–H and O–H groups in total. The van der Waals surface area contributed by atoms with Gasteiger partial charge in [0.1, 0.15) is 29.6 Å². The number of pyridine rings is 1. The molecule has 204 valence electrons. The van der Waals surface area contributed by atoms with Crippen LogP contribution in [-0.4, -0.2) is 41.0 Å². The van der Waals surface area contributed by atoms with Gasteiger partial charge in [0.2, 0.25) is 5.43 Å². The SMILES string of the molecule is O=C(NCc1c(F)cc(F)cc1F)c1cn2c(c(OCc3ccccc3)c1=O)C(=O)N1CCC[C@@H](CF)[C@H]2C1. The Morgan fingerprint density at radius 3 is 2.49 bits per heavy atom. The van der Waals surface area contributed by atoms with Gasteiger partial charge in [-0.25, -0.2) is 13.2 Å². The highest BCUT2D eigenvalue weighted by molar-refractivity contribution is 5.99. The largest absolute Gasteiger partial charge is 0.483 e. The number of fused-ring (bicyclic) bond motifs is 4. The van der Waals surface area contributed by atoms with Crippen LogP contribution in [0.4, 0.5) is 17.6 Å². The van der Waals surface area contributed by atoms with Crippen LogP contribution < -0.4 is 15.5 Å². The number of hydrogen-bond acceptors (Lipinski definition) is 4. The normalized spacial score (nSPS) is 18.4. The van der Waals surface area contributed by atoms with Gasteiger partial charge in [0.05, 0.1) is 12.7 Å². The second-order valence-electron chi connectivity index (χ2n) is 9.64. The van der Waals surface area contributed by atoms with Gasteiger partial charge in [-0.2, -0.15) is 0 Å². The lowest BCUT2D eigenvalue weighted by atomic mass is 9.94. The van der Waals surface area contributed by atoms with E-state index in [1.807, 2.05) is 0 Å². The van der Waals surface area contributed by atoms with Gasteiger partial charge in [-0.1, -0.05) is 30.3 Å². The summed E-state index contributed by atoms with van der Waals surface area (Å²) in [5, 5.41) is 2.29. The van der Waals surface area contributed by atoms with Gasteiger partial charge in [0.15, 0.2) is 11.4 Å². The van der Waals surface area contributed by atoms with E-state index in [-0.39, 0.29) is 24.6 Å². The Bertz CT molecular complexity index is 1450. The number of ether oxygens (including phenoxy) is 1. The highest BCUT2D eigenvalue weighted by Crippen LogP contribution is 2.36. The van der Waals surface area contributed by atoms with Crippen LogP contribution in [0, 0.1) is 23.4 Å². The average molecular weight is 544 g/mol. The summed E-state index contributed by atoms with van der Waals surface area (Å²) >= 11 is 0. The molecule has 2 aliphatic heterocycles. The van der Waals surface area contributed by atoms with Crippen molar-refractivity contribution in [2.24, 2.45) is 5.92 Å². The van der Waals surface area contributed by atoms with Gasteiger partial charge in [-0.15, -0.1) is 0 Å². The van der Waals surface area contributed by atoms with Crippen LogP contribution in [0.3, 0.4) is 0 Å². The minimum absolute atomic E-state index is 0.0697. The minimum Gasteiger partial charge on any atom is -0.483 e. The Morgan fingerprint density at radius 2 is 1.79 bits per heavy atom. The van der Waals surface area contributed by atoms with Crippen LogP contribution in [0.25, 0.3) is 0 Å². The molecule has 3 heterocycles. The molecule has 7 nitrogen and oxygen atoms in total. The second-order valence-corrected chi connectivity index (χ2v) is 9.64. The first kappa shape index (κ1) is 26.5. The summed E-state index contributed by atoms with van der Waals surface area (Å²) in [4.78, 5) is 41.7. The third kappa shape index (κ3) is 5.13. The molecule has 1 saturated heterocycles. The van der Waals surface area contributed by atoms with Crippen molar-refractivity contribution in [2.75, 3.05) is 19.8 Å². The summed E-state index contributed by atoms with van der Waals surface area (Å²) in [5.74, 6) is -5.78. The first-order valence-electron chi connectivity index (χ1n) is 12.5. The number of hydrogen-bond donors (Lipinski definition) is 1. The van der Waals surface area contributed by atoms with E-state index in [1.165, 1.54) is 10.8 Å². The Hall–Kier alpha value is -4.15. The van der Waals surface area contributed by atoms with Crippen LogP contribution in [0.5, 0.6) is 5.75 Å².